The minimum atomic E-state index is -3.57. The maximum absolute atomic E-state index is 12.9. The summed E-state index contributed by atoms with van der Waals surface area (Å²) in [5, 5.41) is 2.99. The molecule has 1 aromatic rings. The Kier molecular flexibility index (Phi) is 7.87. The van der Waals surface area contributed by atoms with Gasteiger partial charge in [0.25, 0.3) is 0 Å². The predicted octanol–water partition coefficient (Wildman–Crippen LogP) is 1.69. The van der Waals surface area contributed by atoms with Crippen molar-refractivity contribution in [2.24, 2.45) is 5.92 Å². The van der Waals surface area contributed by atoms with E-state index in [4.69, 9.17) is 4.74 Å². The minimum Gasteiger partial charge on any atom is -0.379 e. The molecule has 2 saturated heterocycles. The van der Waals surface area contributed by atoms with E-state index in [-0.39, 0.29) is 23.3 Å². The van der Waals surface area contributed by atoms with Crippen molar-refractivity contribution < 1.29 is 17.9 Å². The number of ether oxygens (including phenoxy) is 1. The number of hydrogen-bond donors (Lipinski definition) is 1. The van der Waals surface area contributed by atoms with E-state index in [0.717, 1.165) is 50.2 Å². The number of nitrogens with zero attached hydrogens (tertiary/aromatic N) is 2. The van der Waals surface area contributed by atoms with Crippen molar-refractivity contribution in [2.45, 2.75) is 24.2 Å². The normalized spacial score (nSPS) is 22.1. The molecule has 1 N–H and O–H groups in total. The molecule has 0 radical (unpaired) electrons. The number of morpholine rings is 1. The molecule has 156 valence electrons. The molecule has 1 aromatic carbocycles. The Labute approximate surface area is 175 Å². The number of carbonyl (C=O) groups is 1. The van der Waals surface area contributed by atoms with Crippen LogP contribution in [0.4, 0.5) is 0 Å². The van der Waals surface area contributed by atoms with Gasteiger partial charge in [0.05, 0.1) is 24.0 Å². The van der Waals surface area contributed by atoms with Crippen LogP contribution in [0.15, 0.2) is 33.6 Å². The highest BCUT2D eigenvalue weighted by molar-refractivity contribution is 9.10. The number of sulfonamides is 1. The third-order valence-electron chi connectivity index (χ3n) is 5.26. The van der Waals surface area contributed by atoms with E-state index in [9.17, 15) is 13.2 Å². The van der Waals surface area contributed by atoms with Crippen molar-refractivity contribution in [3.05, 3.63) is 28.7 Å². The first kappa shape index (κ1) is 21.7. The summed E-state index contributed by atoms with van der Waals surface area (Å²) >= 11 is 3.32. The summed E-state index contributed by atoms with van der Waals surface area (Å²) in [5.74, 6) is -0.333. The summed E-state index contributed by atoms with van der Waals surface area (Å²) in [4.78, 5) is 15.1. The molecule has 2 aliphatic rings. The molecule has 0 unspecified atom stereocenters. The summed E-state index contributed by atoms with van der Waals surface area (Å²) < 4.78 is 33.3. The second-order valence-corrected chi connectivity index (χ2v) is 10.1. The molecule has 0 spiro atoms. The Morgan fingerprint density at radius 2 is 1.89 bits per heavy atom. The SMILES string of the molecule is O=C(NCCCN1CCOCC1)[C@@H]1CCCN(S(=O)(=O)c2ccc(Br)cc2)C1. The molecule has 0 bridgehead atoms. The van der Waals surface area contributed by atoms with E-state index >= 15 is 0 Å². The smallest absolute Gasteiger partial charge is 0.243 e. The first-order valence-corrected chi connectivity index (χ1v) is 12.0. The van der Waals surface area contributed by atoms with Crippen molar-refractivity contribution in [1.29, 1.82) is 0 Å². The minimum absolute atomic E-state index is 0.0438. The van der Waals surface area contributed by atoms with Gasteiger partial charge in [-0.05, 0) is 50.1 Å². The topological polar surface area (TPSA) is 79.0 Å². The molecule has 28 heavy (non-hydrogen) atoms. The molecule has 0 saturated carbocycles. The highest BCUT2D eigenvalue weighted by Crippen LogP contribution is 2.25. The van der Waals surface area contributed by atoms with Crippen LogP contribution in [0.25, 0.3) is 0 Å². The maximum Gasteiger partial charge on any atom is 0.243 e. The number of benzene rings is 1. The highest BCUT2D eigenvalue weighted by Gasteiger charge is 2.33. The summed E-state index contributed by atoms with van der Waals surface area (Å²) in [6.07, 6.45) is 2.31. The maximum atomic E-state index is 12.9. The molecular weight excluding hydrogens is 446 g/mol. The zero-order chi connectivity index (χ0) is 20.0. The second-order valence-electron chi connectivity index (χ2n) is 7.25. The second kappa shape index (κ2) is 10.2. The van der Waals surface area contributed by atoms with Gasteiger partial charge >= 0.3 is 0 Å². The van der Waals surface area contributed by atoms with Gasteiger partial charge in [-0.15, -0.1) is 0 Å². The number of halogens is 1. The van der Waals surface area contributed by atoms with E-state index in [0.29, 0.717) is 19.5 Å². The number of amides is 1. The molecule has 1 atom stereocenters. The van der Waals surface area contributed by atoms with Crippen LogP contribution in [0.5, 0.6) is 0 Å². The van der Waals surface area contributed by atoms with Gasteiger partial charge in [-0.3, -0.25) is 9.69 Å². The van der Waals surface area contributed by atoms with Gasteiger partial charge in [-0.1, -0.05) is 15.9 Å². The fourth-order valence-electron chi connectivity index (χ4n) is 3.61. The quantitative estimate of drug-likeness (QED) is 0.609. The standard InChI is InChI=1S/C19H28BrN3O4S/c20-17-4-6-18(7-5-17)28(25,26)23-10-1-3-16(15-23)19(24)21-8-2-9-22-11-13-27-14-12-22/h4-7,16H,1-3,8-15H2,(H,21,24)/t16-/m1/s1. The molecule has 9 heteroatoms. The third-order valence-corrected chi connectivity index (χ3v) is 7.67. The van der Waals surface area contributed by atoms with Gasteiger partial charge in [0, 0.05) is 37.2 Å². The number of piperidine rings is 1. The third kappa shape index (κ3) is 5.76. The first-order chi connectivity index (χ1) is 13.5. The fraction of sp³-hybridized carbons (Fsp3) is 0.632. The van der Waals surface area contributed by atoms with Crippen LogP contribution >= 0.6 is 15.9 Å². The molecule has 2 aliphatic heterocycles. The zero-order valence-electron chi connectivity index (χ0n) is 16.0. The molecular formula is C19H28BrN3O4S. The zero-order valence-corrected chi connectivity index (χ0v) is 18.4. The Morgan fingerprint density at radius 3 is 2.61 bits per heavy atom. The summed E-state index contributed by atoms with van der Waals surface area (Å²) in [5.41, 5.74) is 0. The summed E-state index contributed by atoms with van der Waals surface area (Å²) in [7, 11) is -3.57. The van der Waals surface area contributed by atoms with Gasteiger partial charge in [0.15, 0.2) is 0 Å². The molecule has 0 aliphatic carbocycles. The molecule has 1 amide bonds. The molecule has 3 rings (SSSR count). The van der Waals surface area contributed by atoms with Crippen molar-refractivity contribution in [3.63, 3.8) is 0 Å². The van der Waals surface area contributed by atoms with Crippen molar-refractivity contribution in [3.8, 4) is 0 Å². The summed E-state index contributed by atoms with van der Waals surface area (Å²) in [6.45, 7) is 5.70. The van der Waals surface area contributed by atoms with Gasteiger partial charge in [-0.25, -0.2) is 8.42 Å². The summed E-state index contributed by atoms with van der Waals surface area (Å²) in [6, 6.07) is 6.62. The number of rotatable bonds is 7. The first-order valence-electron chi connectivity index (χ1n) is 9.80. The van der Waals surface area contributed by atoms with Crippen LogP contribution in [0, 0.1) is 5.92 Å². The van der Waals surface area contributed by atoms with Crippen molar-refractivity contribution >= 4 is 31.9 Å². The van der Waals surface area contributed by atoms with Gasteiger partial charge in [0.1, 0.15) is 0 Å². The van der Waals surface area contributed by atoms with Crippen LogP contribution in [0.2, 0.25) is 0 Å². The highest BCUT2D eigenvalue weighted by atomic mass is 79.9. The van der Waals surface area contributed by atoms with Crippen LogP contribution < -0.4 is 5.32 Å². The lowest BCUT2D eigenvalue weighted by molar-refractivity contribution is -0.126. The van der Waals surface area contributed by atoms with E-state index < -0.39 is 10.0 Å². The average molecular weight is 474 g/mol. The van der Waals surface area contributed by atoms with E-state index in [1.54, 1.807) is 24.3 Å². The monoisotopic (exact) mass is 473 g/mol. The Bertz CT molecular complexity index is 751. The van der Waals surface area contributed by atoms with Gasteiger partial charge in [0.2, 0.25) is 15.9 Å². The Morgan fingerprint density at radius 1 is 1.18 bits per heavy atom. The largest absolute Gasteiger partial charge is 0.379 e. The van der Waals surface area contributed by atoms with Gasteiger partial charge in [-0.2, -0.15) is 4.31 Å². The lowest BCUT2D eigenvalue weighted by Gasteiger charge is -2.31. The lowest BCUT2D eigenvalue weighted by Crippen LogP contribution is -2.45. The van der Waals surface area contributed by atoms with E-state index in [1.165, 1.54) is 4.31 Å². The molecule has 0 aromatic heterocycles. The fourth-order valence-corrected chi connectivity index (χ4v) is 5.40. The number of carbonyl (C=O) groups excluding carboxylic acids is 1. The van der Waals surface area contributed by atoms with E-state index in [1.807, 2.05) is 0 Å². The predicted molar refractivity (Wildman–Crippen MR) is 111 cm³/mol. The number of nitrogens with one attached hydrogen (secondary N) is 1. The Hall–Kier alpha value is -1.00. The van der Waals surface area contributed by atoms with Gasteiger partial charge < -0.3 is 10.1 Å². The number of hydrogen-bond acceptors (Lipinski definition) is 5. The van der Waals surface area contributed by atoms with Crippen molar-refractivity contribution in [1.82, 2.24) is 14.5 Å². The molecule has 2 fully saturated rings. The Balaban J connectivity index is 1.48. The molecule has 7 nitrogen and oxygen atoms in total. The van der Waals surface area contributed by atoms with E-state index in [2.05, 4.69) is 26.1 Å². The lowest BCUT2D eigenvalue weighted by atomic mass is 9.99. The van der Waals surface area contributed by atoms with Crippen LogP contribution in [-0.4, -0.2) is 76.0 Å². The van der Waals surface area contributed by atoms with Crippen LogP contribution in [0.3, 0.4) is 0 Å². The van der Waals surface area contributed by atoms with Crippen LogP contribution in [0.1, 0.15) is 19.3 Å². The average Bonchev–Trinajstić information content (AvgIpc) is 2.72. The van der Waals surface area contributed by atoms with Crippen molar-refractivity contribution in [2.75, 3.05) is 52.5 Å². The molecule has 2 heterocycles. The van der Waals surface area contributed by atoms with Crippen LogP contribution in [-0.2, 0) is 19.6 Å².